The molecular weight excluding hydrogens is 380 g/mol. The smallest absolute Gasteiger partial charge is 0.250 e. The highest BCUT2D eigenvalue weighted by Gasteiger charge is 2.45. The van der Waals surface area contributed by atoms with Crippen LogP contribution in [0.25, 0.3) is 0 Å². The number of amides is 2. The molecule has 0 radical (unpaired) electrons. The number of carbonyl (C=O) groups is 2. The van der Waals surface area contributed by atoms with Crippen molar-refractivity contribution >= 4 is 23.2 Å². The second-order valence-electron chi connectivity index (χ2n) is 8.72. The summed E-state index contributed by atoms with van der Waals surface area (Å²) in [7, 11) is 0. The van der Waals surface area contributed by atoms with Crippen LogP contribution in [0.15, 0.2) is 41.8 Å². The fourth-order valence-corrected chi connectivity index (χ4v) is 5.55. The van der Waals surface area contributed by atoms with Crippen molar-refractivity contribution in [1.29, 1.82) is 0 Å². The van der Waals surface area contributed by atoms with Crippen LogP contribution in [0.3, 0.4) is 0 Å². The van der Waals surface area contributed by atoms with Crippen LogP contribution in [0.5, 0.6) is 0 Å². The van der Waals surface area contributed by atoms with Crippen LogP contribution in [0.4, 0.5) is 0 Å². The van der Waals surface area contributed by atoms with E-state index in [0.717, 1.165) is 28.8 Å². The summed E-state index contributed by atoms with van der Waals surface area (Å²) < 4.78 is 0. The number of rotatable bonds is 4. The van der Waals surface area contributed by atoms with Crippen molar-refractivity contribution < 1.29 is 9.59 Å². The average molecular weight is 411 g/mol. The number of benzene rings is 1. The summed E-state index contributed by atoms with van der Waals surface area (Å²) in [4.78, 5) is 31.9. The number of aryl methyl sites for hydroxylation is 1. The van der Waals surface area contributed by atoms with E-state index in [9.17, 15) is 9.59 Å². The van der Waals surface area contributed by atoms with Gasteiger partial charge in [0.1, 0.15) is 12.6 Å². The zero-order valence-corrected chi connectivity index (χ0v) is 18.3. The van der Waals surface area contributed by atoms with Crippen LogP contribution in [0.2, 0.25) is 0 Å². The van der Waals surface area contributed by atoms with Crippen LogP contribution in [-0.4, -0.2) is 34.2 Å². The summed E-state index contributed by atoms with van der Waals surface area (Å²) in [5.41, 5.74) is 2.06. The van der Waals surface area contributed by atoms with Gasteiger partial charge in [0.2, 0.25) is 5.91 Å². The molecule has 4 unspecified atom stereocenters. The summed E-state index contributed by atoms with van der Waals surface area (Å²) in [6.45, 7) is 7.25. The molecular formula is C24H30N2O2S. The van der Waals surface area contributed by atoms with Gasteiger partial charge in [0.15, 0.2) is 0 Å². The van der Waals surface area contributed by atoms with Crippen molar-refractivity contribution in [2.24, 2.45) is 11.8 Å². The lowest BCUT2D eigenvalue weighted by molar-refractivity contribution is -0.161. The minimum Gasteiger partial charge on any atom is -0.328 e. The molecule has 154 valence electrons. The molecule has 1 aromatic heterocycles. The van der Waals surface area contributed by atoms with Gasteiger partial charge in [-0.25, -0.2) is 0 Å². The molecule has 29 heavy (non-hydrogen) atoms. The van der Waals surface area contributed by atoms with E-state index >= 15 is 0 Å². The summed E-state index contributed by atoms with van der Waals surface area (Å²) in [5, 5.41) is 2.02. The first-order valence-electron chi connectivity index (χ1n) is 10.6. The minimum absolute atomic E-state index is 0.0500. The number of nitrogens with zero attached hydrogens (tertiary/aromatic N) is 2. The summed E-state index contributed by atoms with van der Waals surface area (Å²) in [5.74, 6) is 1.13. The molecule has 1 saturated carbocycles. The van der Waals surface area contributed by atoms with E-state index in [1.165, 1.54) is 6.42 Å². The normalized spacial score (nSPS) is 28.1. The molecule has 1 saturated heterocycles. The molecule has 4 rings (SSSR count). The Bertz CT molecular complexity index is 862. The quantitative estimate of drug-likeness (QED) is 0.727. The highest BCUT2D eigenvalue weighted by atomic mass is 32.1. The van der Waals surface area contributed by atoms with Crippen LogP contribution in [0, 0.1) is 18.8 Å². The molecule has 1 aliphatic heterocycles. The number of thiophene rings is 1. The zero-order valence-electron chi connectivity index (χ0n) is 17.5. The first-order chi connectivity index (χ1) is 14.0. The molecule has 2 aliphatic rings. The van der Waals surface area contributed by atoms with Crippen LogP contribution < -0.4 is 0 Å². The van der Waals surface area contributed by atoms with Crippen molar-refractivity contribution in [2.45, 2.75) is 58.7 Å². The largest absolute Gasteiger partial charge is 0.328 e. The highest BCUT2D eigenvalue weighted by Crippen LogP contribution is 2.37. The Labute approximate surface area is 177 Å². The molecule has 4 atom stereocenters. The molecule has 2 amide bonds. The summed E-state index contributed by atoms with van der Waals surface area (Å²) in [6, 6.07) is 11.7. The van der Waals surface area contributed by atoms with E-state index in [1.54, 1.807) is 16.2 Å². The fourth-order valence-electron chi connectivity index (χ4n) is 4.84. The van der Waals surface area contributed by atoms with Gasteiger partial charge >= 0.3 is 0 Å². The van der Waals surface area contributed by atoms with Crippen LogP contribution in [-0.2, 0) is 16.1 Å². The Morgan fingerprint density at radius 3 is 2.52 bits per heavy atom. The van der Waals surface area contributed by atoms with Crippen LogP contribution >= 0.6 is 11.3 Å². The third-order valence-electron chi connectivity index (χ3n) is 6.82. The third kappa shape index (κ3) is 3.97. The Morgan fingerprint density at radius 2 is 1.83 bits per heavy atom. The highest BCUT2D eigenvalue weighted by molar-refractivity contribution is 7.09. The first-order valence-corrected chi connectivity index (χ1v) is 11.5. The van der Waals surface area contributed by atoms with E-state index in [-0.39, 0.29) is 24.4 Å². The lowest BCUT2D eigenvalue weighted by Crippen LogP contribution is -2.60. The number of carbonyl (C=O) groups excluding carboxylic acids is 2. The van der Waals surface area contributed by atoms with Crippen LogP contribution in [0.1, 0.15) is 55.2 Å². The van der Waals surface area contributed by atoms with Gasteiger partial charge in [0, 0.05) is 10.9 Å². The minimum atomic E-state index is -0.539. The standard InChI is InChI=1S/C24H30N2O2S/c1-16-9-11-19(12-10-16)23-24(28)25(21-8-4-6-17(2)18(21)3)15-22(27)26(23)14-20-7-5-13-29-20/h5,7,9-13,17-18,21,23H,4,6,8,14-15H2,1-3H3. The van der Waals surface area contributed by atoms with E-state index < -0.39 is 6.04 Å². The number of hydrogen-bond donors (Lipinski definition) is 0. The third-order valence-corrected chi connectivity index (χ3v) is 7.68. The predicted octanol–water partition coefficient (Wildman–Crippen LogP) is 4.79. The monoisotopic (exact) mass is 410 g/mol. The van der Waals surface area contributed by atoms with Crippen molar-refractivity contribution in [3.05, 3.63) is 57.8 Å². The molecule has 0 bridgehead atoms. The predicted molar refractivity (Wildman–Crippen MR) is 116 cm³/mol. The van der Waals surface area contributed by atoms with Gasteiger partial charge in [-0.1, -0.05) is 62.6 Å². The van der Waals surface area contributed by atoms with Gasteiger partial charge in [0.25, 0.3) is 5.91 Å². The van der Waals surface area contributed by atoms with E-state index in [4.69, 9.17) is 0 Å². The molecule has 2 aromatic rings. The maximum atomic E-state index is 13.8. The number of hydrogen-bond acceptors (Lipinski definition) is 3. The van der Waals surface area contributed by atoms with Crippen molar-refractivity contribution in [2.75, 3.05) is 6.54 Å². The maximum absolute atomic E-state index is 13.8. The topological polar surface area (TPSA) is 40.6 Å². The Kier molecular flexibility index (Phi) is 5.77. The van der Waals surface area contributed by atoms with Crippen molar-refractivity contribution in [3.63, 3.8) is 0 Å². The molecule has 4 nitrogen and oxygen atoms in total. The lowest BCUT2D eigenvalue weighted by atomic mass is 9.77. The lowest BCUT2D eigenvalue weighted by Gasteiger charge is -2.47. The van der Waals surface area contributed by atoms with Gasteiger partial charge < -0.3 is 9.80 Å². The second kappa shape index (κ2) is 8.31. The van der Waals surface area contributed by atoms with Gasteiger partial charge in [-0.2, -0.15) is 0 Å². The van der Waals surface area contributed by atoms with Crippen molar-refractivity contribution in [3.8, 4) is 0 Å². The SMILES string of the molecule is Cc1ccc(C2C(=O)N(C3CCCC(C)C3C)CC(=O)N2Cc2cccs2)cc1. The molecule has 0 spiro atoms. The maximum Gasteiger partial charge on any atom is 0.250 e. The number of piperazine rings is 1. The summed E-state index contributed by atoms with van der Waals surface area (Å²) >= 11 is 1.63. The molecule has 1 aliphatic carbocycles. The van der Waals surface area contributed by atoms with Crippen molar-refractivity contribution in [1.82, 2.24) is 9.80 Å². The average Bonchev–Trinajstić information content (AvgIpc) is 3.21. The molecule has 2 fully saturated rings. The fraction of sp³-hybridized carbons (Fsp3) is 0.500. The van der Waals surface area contributed by atoms with Gasteiger partial charge in [-0.15, -0.1) is 11.3 Å². The van der Waals surface area contributed by atoms with Gasteiger partial charge in [0.05, 0.1) is 6.54 Å². The van der Waals surface area contributed by atoms with Gasteiger partial charge in [-0.05, 0) is 42.2 Å². The van der Waals surface area contributed by atoms with E-state index in [2.05, 4.69) is 13.8 Å². The van der Waals surface area contributed by atoms with Gasteiger partial charge in [-0.3, -0.25) is 9.59 Å². The van der Waals surface area contributed by atoms with E-state index in [1.807, 2.05) is 53.6 Å². The first kappa shape index (κ1) is 20.1. The zero-order chi connectivity index (χ0) is 20.5. The molecule has 2 heterocycles. The van der Waals surface area contributed by atoms with E-state index in [0.29, 0.717) is 18.4 Å². The summed E-state index contributed by atoms with van der Waals surface area (Å²) in [6.07, 6.45) is 3.33. The molecule has 1 aromatic carbocycles. The second-order valence-corrected chi connectivity index (χ2v) is 9.75. The Balaban J connectivity index is 1.68. The Morgan fingerprint density at radius 1 is 1.07 bits per heavy atom. The Hall–Kier alpha value is -2.14. The molecule has 0 N–H and O–H groups in total. The molecule has 5 heteroatoms.